The fourth-order valence-electron chi connectivity index (χ4n) is 10.5. The van der Waals surface area contributed by atoms with Gasteiger partial charge in [0, 0.05) is 67.3 Å². The molecule has 0 radical (unpaired) electrons. The molecule has 0 N–H and O–H groups in total. The van der Waals surface area contributed by atoms with Crippen molar-refractivity contribution in [2.24, 2.45) is 0 Å². The molecule has 13 aromatic rings. The van der Waals surface area contributed by atoms with Crippen molar-refractivity contribution in [1.29, 1.82) is 0 Å². The third-order valence-electron chi connectivity index (χ3n) is 14.2. The van der Waals surface area contributed by atoms with Gasteiger partial charge in [0.1, 0.15) is 0 Å². The SMILES string of the molecule is [C-]#[N+]c1cc(-c2ccc(-c3cc(-c4ccccc4)nc(-c4ccccc4)n3)cc2)ccc1-c1ccc(-n2c3ccc(N(c4ccccc4)c4ccccc4)cc3c3cc(N(c4ccccc4)c4ccccc4)ccc32)cc1. The van der Waals surface area contributed by atoms with Crippen molar-refractivity contribution >= 4 is 61.6 Å². The van der Waals surface area contributed by atoms with Crippen molar-refractivity contribution < 1.29 is 0 Å². The summed E-state index contributed by atoms with van der Waals surface area (Å²) in [5.74, 6) is 0.679. The molecular weight excluding hydrogens is 937 g/mol. The molecule has 13 rings (SSSR count). The van der Waals surface area contributed by atoms with Crippen molar-refractivity contribution in [1.82, 2.24) is 14.5 Å². The Morgan fingerprint density at radius 2 is 0.701 bits per heavy atom. The summed E-state index contributed by atoms with van der Waals surface area (Å²) in [4.78, 5) is 18.7. The number of benzene rings is 11. The largest absolute Gasteiger partial charge is 0.310 e. The van der Waals surface area contributed by atoms with E-state index in [9.17, 15) is 0 Å². The zero-order chi connectivity index (χ0) is 51.5. The van der Waals surface area contributed by atoms with E-state index < -0.39 is 0 Å². The van der Waals surface area contributed by atoms with Gasteiger partial charge in [-0.3, -0.25) is 0 Å². The summed E-state index contributed by atoms with van der Waals surface area (Å²) in [5.41, 5.74) is 18.8. The Morgan fingerprint density at radius 3 is 1.16 bits per heavy atom. The van der Waals surface area contributed by atoms with E-state index in [0.29, 0.717) is 11.5 Å². The number of nitrogens with zero attached hydrogens (tertiary/aromatic N) is 6. The van der Waals surface area contributed by atoms with E-state index in [1.54, 1.807) is 0 Å². The normalized spacial score (nSPS) is 11.1. The first-order chi connectivity index (χ1) is 38.1. The molecular formula is C71H48N6. The van der Waals surface area contributed by atoms with Crippen molar-refractivity contribution in [2.75, 3.05) is 9.80 Å². The summed E-state index contributed by atoms with van der Waals surface area (Å²) >= 11 is 0. The fourth-order valence-corrected chi connectivity index (χ4v) is 10.5. The molecule has 0 unspecified atom stereocenters. The van der Waals surface area contributed by atoms with Gasteiger partial charge in [0.25, 0.3) is 0 Å². The number of para-hydroxylation sites is 4. The van der Waals surface area contributed by atoms with Gasteiger partial charge in [0.15, 0.2) is 11.5 Å². The molecule has 0 aliphatic heterocycles. The highest BCUT2D eigenvalue weighted by molar-refractivity contribution is 6.12. The molecule has 11 aromatic carbocycles. The molecule has 0 amide bonds. The Kier molecular flexibility index (Phi) is 12.2. The van der Waals surface area contributed by atoms with Crippen LogP contribution in [0.4, 0.5) is 39.8 Å². The van der Waals surface area contributed by atoms with Crippen LogP contribution in [0.3, 0.4) is 0 Å². The van der Waals surface area contributed by atoms with Crippen LogP contribution in [-0.2, 0) is 0 Å². The van der Waals surface area contributed by atoms with Gasteiger partial charge in [-0.25, -0.2) is 14.8 Å². The molecule has 362 valence electrons. The van der Waals surface area contributed by atoms with Crippen molar-refractivity contribution in [2.45, 2.75) is 0 Å². The first-order valence-corrected chi connectivity index (χ1v) is 25.8. The van der Waals surface area contributed by atoms with Crippen LogP contribution >= 0.6 is 0 Å². The number of anilines is 6. The lowest BCUT2D eigenvalue weighted by atomic mass is 9.97. The van der Waals surface area contributed by atoms with Crippen LogP contribution < -0.4 is 9.80 Å². The molecule has 6 nitrogen and oxygen atoms in total. The van der Waals surface area contributed by atoms with Crippen LogP contribution in [0.15, 0.2) is 291 Å². The van der Waals surface area contributed by atoms with E-state index in [-0.39, 0.29) is 0 Å². The molecule has 2 heterocycles. The lowest BCUT2D eigenvalue weighted by molar-refractivity contribution is 1.18. The van der Waals surface area contributed by atoms with Crippen LogP contribution in [0.5, 0.6) is 0 Å². The highest BCUT2D eigenvalue weighted by Gasteiger charge is 2.21. The van der Waals surface area contributed by atoms with Gasteiger partial charge in [-0.2, -0.15) is 0 Å². The highest BCUT2D eigenvalue weighted by atomic mass is 15.1. The summed E-state index contributed by atoms with van der Waals surface area (Å²) in [5, 5.41) is 2.26. The van der Waals surface area contributed by atoms with E-state index in [4.69, 9.17) is 16.5 Å². The molecule has 0 spiro atoms. The summed E-state index contributed by atoms with van der Waals surface area (Å²) in [6.07, 6.45) is 0. The van der Waals surface area contributed by atoms with Gasteiger partial charge in [-0.15, -0.1) is 0 Å². The quantitative estimate of drug-likeness (QED) is 0.114. The summed E-state index contributed by atoms with van der Waals surface area (Å²) < 4.78 is 2.36. The van der Waals surface area contributed by atoms with Crippen LogP contribution in [0, 0.1) is 6.57 Å². The Balaban J connectivity index is 0.866. The molecule has 77 heavy (non-hydrogen) atoms. The average Bonchev–Trinajstić information content (AvgIpc) is 3.96. The maximum Gasteiger partial charge on any atom is 0.195 e. The summed E-state index contributed by atoms with van der Waals surface area (Å²) in [6.45, 7) is 8.37. The lowest BCUT2D eigenvalue weighted by Crippen LogP contribution is -2.09. The minimum absolute atomic E-state index is 0.592. The standard InChI is InChI=1S/C71H48N6/c1-72-68-46-55(50-32-34-53(35-33-50)67-49-66(52-20-8-2-9-21-52)73-71(74-67)54-22-10-3-11-23-54)38-43-63(68)51-36-39-60(40-37-51)77-69-44-41-61(75(56-24-12-4-13-25-56)57-26-14-5-15-27-57)47-64(69)65-48-62(42-45-70(65)77)76(58-28-16-6-17-29-58)59-30-18-7-19-31-59/h2-49H. The third-order valence-corrected chi connectivity index (χ3v) is 14.2. The number of rotatable bonds is 12. The van der Waals surface area contributed by atoms with Crippen molar-refractivity contribution in [3.63, 3.8) is 0 Å². The maximum absolute atomic E-state index is 8.37. The number of hydrogen-bond donors (Lipinski definition) is 0. The zero-order valence-corrected chi connectivity index (χ0v) is 41.9. The fraction of sp³-hybridized carbons (Fsp3) is 0. The number of aromatic nitrogens is 3. The first-order valence-electron chi connectivity index (χ1n) is 25.8. The van der Waals surface area contributed by atoms with Gasteiger partial charge in [-0.05, 0) is 131 Å². The van der Waals surface area contributed by atoms with Crippen LogP contribution in [0.1, 0.15) is 0 Å². The lowest BCUT2D eigenvalue weighted by Gasteiger charge is -2.26. The van der Waals surface area contributed by atoms with Crippen molar-refractivity contribution in [3.05, 3.63) is 303 Å². The third kappa shape index (κ3) is 9.05. The predicted octanol–water partition coefficient (Wildman–Crippen LogP) is 19.4. The van der Waals surface area contributed by atoms with E-state index >= 15 is 0 Å². The molecule has 0 atom stereocenters. The molecule has 0 saturated carbocycles. The van der Waals surface area contributed by atoms with Gasteiger partial charge in [0.2, 0.25) is 0 Å². The predicted molar refractivity (Wildman–Crippen MR) is 319 cm³/mol. The summed E-state index contributed by atoms with van der Waals surface area (Å²) in [6, 6.07) is 101. The van der Waals surface area contributed by atoms with Crippen molar-refractivity contribution in [3.8, 4) is 61.8 Å². The Hall–Kier alpha value is -10.6. The monoisotopic (exact) mass is 984 g/mol. The minimum Gasteiger partial charge on any atom is -0.310 e. The second-order valence-electron chi connectivity index (χ2n) is 18.9. The number of hydrogen-bond acceptors (Lipinski definition) is 4. The van der Waals surface area contributed by atoms with Gasteiger partial charge >= 0.3 is 0 Å². The van der Waals surface area contributed by atoms with Gasteiger partial charge in [0.05, 0.1) is 29.0 Å². The smallest absolute Gasteiger partial charge is 0.195 e. The minimum atomic E-state index is 0.592. The maximum atomic E-state index is 8.37. The Bertz CT molecular complexity index is 3960. The first kappa shape index (κ1) is 46.2. The number of fused-ring (bicyclic) bond motifs is 3. The molecule has 0 aliphatic rings. The Labute approximate surface area is 448 Å². The molecule has 0 fully saturated rings. The summed E-state index contributed by atoms with van der Waals surface area (Å²) in [7, 11) is 0. The Morgan fingerprint density at radius 1 is 0.312 bits per heavy atom. The highest BCUT2D eigenvalue weighted by Crippen LogP contribution is 2.44. The van der Waals surface area contributed by atoms with Gasteiger partial charge < -0.3 is 14.4 Å². The van der Waals surface area contributed by atoms with Crippen LogP contribution in [-0.4, -0.2) is 14.5 Å². The van der Waals surface area contributed by atoms with Gasteiger partial charge in [-0.1, -0.05) is 182 Å². The topological polar surface area (TPSA) is 41.6 Å². The molecule has 6 heteroatoms. The molecule has 0 saturated heterocycles. The van der Waals surface area contributed by atoms with E-state index in [1.165, 1.54) is 0 Å². The average molecular weight is 985 g/mol. The zero-order valence-electron chi connectivity index (χ0n) is 41.9. The second kappa shape index (κ2) is 20.4. The molecule has 0 aliphatic carbocycles. The van der Waals surface area contributed by atoms with Crippen LogP contribution in [0.25, 0.3) is 88.5 Å². The molecule has 0 bridgehead atoms. The van der Waals surface area contributed by atoms with E-state index in [2.05, 4.69) is 256 Å². The second-order valence-corrected chi connectivity index (χ2v) is 18.9. The van der Waals surface area contributed by atoms with E-state index in [1.807, 2.05) is 54.6 Å². The van der Waals surface area contributed by atoms with E-state index in [0.717, 1.165) is 112 Å². The van der Waals surface area contributed by atoms with Crippen LogP contribution in [0.2, 0.25) is 0 Å². The molecule has 2 aromatic heterocycles.